The zero-order chi connectivity index (χ0) is 17.4. The fourth-order valence-electron chi connectivity index (χ4n) is 2.45. The molecule has 1 unspecified atom stereocenters. The predicted octanol–water partition coefficient (Wildman–Crippen LogP) is 3.13. The first-order chi connectivity index (χ1) is 11.6. The fourth-order valence-corrected chi connectivity index (χ4v) is 2.45. The Hall–Kier alpha value is -2.59. The minimum atomic E-state index is -0.111. The Morgan fingerprint density at radius 3 is 2.58 bits per heavy atom. The van der Waals surface area contributed by atoms with Crippen LogP contribution >= 0.6 is 0 Å². The van der Waals surface area contributed by atoms with Gasteiger partial charge in [0, 0.05) is 12.6 Å². The molecule has 2 rings (SSSR count). The number of likely N-dealkylation sites (N-methyl/N-ethyl adjacent to an activating group) is 1. The summed E-state index contributed by atoms with van der Waals surface area (Å²) in [5.74, 6) is 0.662. The minimum Gasteiger partial charge on any atom is -0.497 e. The van der Waals surface area contributed by atoms with Gasteiger partial charge < -0.3 is 15.0 Å². The van der Waals surface area contributed by atoms with E-state index in [1.807, 2.05) is 56.6 Å². The maximum Gasteiger partial charge on any atom is 0.244 e. The number of benzene rings is 2. The molecule has 1 N–H and O–H groups in total. The SMILES string of the molecule is COc1cccc(/C=C/C(=O)NCC(c2ccccc2)N(C)C)c1. The lowest BCUT2D eigenvalue weighted by Crippen LogP contribution is -2.33. The van der Waals surface area contributed by atoms with Crippen LogP contribution < -0.4 is 10.1 Å². The number of nitrogens with one attached hydrogen (secondary N) is 1. The summed E-state index contributed by atoms with van der Waals surface area (Å²) < 4.78 is 5.18. The second-order valence-electron chi connectivity index (χ2n) is 5.75. The molecule has 1 atom stereocenters. The number of ether oxygens (including phenoxy) is 1. The molecule has 1 amide bonds. The highest BCUT2D eigenvalue weighted by molar-refractivity contribution is 5.91. The number of hydrogen-bond donors (Lipinski definition) is 1. The maximum absolute atomic E-state index is 12.1. The van der Waals surface area contributed by atoms with E-state index >= 15 is 0 Å². The van der Waals surface area contributed by atoms with E-state index in [0.29, 0.717) is 6.54 Å². The third-order valence-electron chi connectivity index (χ3n) is 3.80. The van der Waals surface area contributed by atoms with Gasteiger partial charge in [-0.05, 0) is 43.4 Å². The molecule has 0 saturated carbocycles. The summed E-state index contributed by atoms with van der Waals surface area (Å²) in [6.45, 7) is 0.554. The van der Waals surface area contributed by atoms with Gasteiger partial charge in [0.1, 0.15) is 5.75 Å². The minimum absolute atomic E-state index is 0.111. The van der Waals surface area contributed by atoms with Crippen LogP contribution in [0, 0.1) is 0 Å². The van der Waals surface area contributed by atoms with Crippen molar-refractivity contribution in [3.05, 3.63) is 71.8 Å². The molecule has 0 saturated heterocycles. The van der Waals surface area contributed by atoms with Crippen molar-refractivity contribution in [2.45, 2.75) is 6.04 Å². The predicted molar refractivity (Wildman–Crippen MR) is 97.9 cm³/mol. The van der Waals surface area contributed by atoms with Crippen molar-refractivity contribution < 1.29 is 9.53 Å². The van der Waals surface area contributed by atoms with Crippen molar-refractivity contribution in [2.24, 2.45) is 0 Å². The van der Waals surface area contributed by atoms with Crippen LogP contribution in [0.3, 0.4) is 0 Å². The molecule has 0 aliphatic heterocycles. The maximum atomic E-state index is 12.1. The van der Waals surface area contributed by atoms with E-state index in [-0.39, 0.29) is 11.9 Å². The summed E-state index contributed by atoms with van der Waals surface area (Å²) in [7, 11) is 5.65. The Morgan fingerprint density at radius 2 is 1.92 bits per heavy atom. The standard InChI is InChI=1S/C20H24N2O2/c1-22(2)19(17-9-5-4-6-10-17)15-21-20(23)13-12-16-8-7-11-18(14-16)24-3/h4-14,19H,15H2,1-3H3,(H,21,23)/b13-12+. The number of carbonyl (C=O) groups excluding carboxylic acids is 1. The monoisotopic (exact) mass is 324 g/mol. The van der Waals surface area contributed by atoms with Gasteiger partial charge in [-0.25, -0.2) is 0 Å². The molecular formula is C20H24N2O2. The third kappa shape index (κ3) is 5.25. The Bertz CT molecular complexity index is 681. The largest absolute Gasteiger partial charge is 0.497 e. The van der Waals surface area contributed by atoms with Crippen LogP contribution in [0.15, 0.2) is 60.7 Å². The first kappa shape index (κ1) is 17.8. The molecule has 0 radical (unpaired) electrons. The van der Waals surface area contributed by atoms with E-state index in [4.69, 9.17) is 4.74 Å². The van der Waals surface area contributed by atoms with E-state index in [9.17, 15) is 4.79 Å². The van der Waals surface area contributed by atoms with Gasteiger partial charge in [-0.15, -0.1) is 0 Å². The first-order valence-electron chi connectivity index (χ1n) is 7.91. The Balaban J connectivity index is 1.94. The Labute approximate surface area is 143 Å². The van der Waals surface area contributed by atoms with Gasteiger partial charge in [0.25, 0.3) is 0 Å². The summed E-state index contributed by atoms with van der Waals surface area (Å²) >= 11 is 0. The summed E-state index contributed by atoms with van der Waals surface area (Å²) in [5.41, 5.74) is 2.11. The lowest BCUT2D eigenvalue weighted by molar-refractivity contribution is -0.116. The average molecular weight is 324 g/mol. The molecule has 2 aromatic rings. The topological polar surface area (TPSA) is 41.6 Å². The fraction of sp³-hybridized carbons (Fsp3) is 0.250. The van der Waals surface area contributed by atoms with Gasteiger partial charge in [0.05, 0.1) is 13.2 Å². The molecule has 126 valence electrons. The molecule has 0 aliphatic rings. The molecule has 0 aliphatic carbocycles. The number of methoxy groups -OCH3 is 1. The van der Waals surface area contributed by atoms with Gasteiger partial charge in [-0.2, -0.15) is 0 Å². The molecule has 0 fully saturated rings. The van der Waals surface area contributed by atoms with Gasteiger partial charge in [-0.3, -0.25) is 4.79 Å². The van der Waals surface area contributed by atoms with E-state index < -0.39 is 0 Å². The number of hydrogen-bond acceptors (Lipinski definition) is 3. The summed E-state index contributed by atoms with van der Waals surface area (Å²) in [6.07, 6.45) is 3.33. The van der Waals surface area contributed by atoms with Gasteiger partial charge in [-0.1, -0.05) is 42.5 Å². The summed E-state index contributed by atoms with van der Waals surface area (Å²) in [6, 6.07) is 17.9. The van der Waals surface area contributed by atoms with Crippen LogP contribution in [0.25, 0.3) is 6.08 Å². The highest BCUT2D eigenvalue weighted by Crippen LogP contribution is 2.17. The molecule has 2 aromatic carbocycles. The molecule has 0 aromatic heterocycles. The second-order valence-corrected chi connectivity index (χ2v) is 5.75. The molecule has 4 heteroatoms. The van der Waals surface area contributed by atoms with Crippen LogP contribution in [-0.4, -0.2) is 38.6 Å². The molecular weight excluding hydrogens is 300 g/mol. The lowest BCUT2D eigenvalue weighted by atomic mass is 10.1. The average Bonchev–Trinajstić information content (AvgIpc) is 2.61. The van der Waals surface area contributed by atoms with E-state index in [1.165, 1.54) is 5.56 Å². The smallest absolute Gasteiger partial charge is 0.244 e. The molecule has 24 heavy (non-hydrogen) atoms. The highest BCUT2D eigenvalue weighted by atomic mass is 16.5. The van der Waals surface area contributed by atoms with Crippen molar-refractivity contribution in [2.75, 3.05) is 27.7 Å². The van der Waals surface area contributed by atoms with Crippen molar-refractivity contribution >= 4 is 12.0 Å². The lowest BCUT2D eigenvalue weighted by Gasteiger charge is -2.24. The zero-order valence-corrected chi connectivity index (χ0v) is 14.4. The van der Waals surface area contributed by atoms with Crippen LogP contribution in [0.5, 0.6) is 5.75 Å². The van der Waals surface area contributed by atoms with E-state index in [2.05, 4.69) is 22.3 Å². The van der Waals surface area contributed by atoms with Crippen molar-refractivity contribution in [3.63, 3.8) is 0 Å². The van der Waals surface area contributed by atoms with Crippen LogP contribution in [0.4, 0.5) is 0 Å². The van der Waals surface area contributed by atoms with Crippen LogP contribution in [0.1, 0.15) is 17.2 Å². The van der Waals surface area contributed by atoms with Crippen molar-refractivity contribution in [1.82, 2.24) is 10.2 Å². The number of rotatable bonds is 7. The summed E-state index contributed by atoms with van der Waals surface area (Å²) in [5, 5.41) is 2.96. The second kappa shape index (κ2) is 8.89. The van der Waals surface area contributed by atoms with E-state index in [0.717, 1.165) is 11.3 Å². The van der Waals surface area contributed by atoms with Gasteiger partial charge in [0.2, 0.25) is 5.91 Å². The zero-order valence-electron chi connectivity index (χ0n) is 14.4. The van der Waals surface area contributed by atoms with Crippen molar-refractivity contribution in [3.8, 4) is 5.75 Å². The summed E-state index contributed by atoms with van der Waals surface area (Å²) in [4.78, 5) is 14.2. The molecule has 0 spiro atoms. The van der Waals surface area contributed by atoms with Gasteiger partial charge in [0.15, 0.2) is 0 Å². The first-order valence-corrected chi connectivity index (χ1v) is 7.91. The number of carbonyl (C=O) groups is 1. The van der Waals surface area contributed by atoms with Crippen molar-refractivity contribution in [1.29, 1.82) is 0 Å². The molecule has 4 nitrogen and oxygen atoms in total. The number of nitrogens with zero attached hydrogens (tertiary/aromatic N) is 1. The normalized spacial score (nSPS) is 12.3. The highest BCUT2D eigenvalue weighted by Gasteiger charge is 2.14. The molecule has 0 heterocycles. The Kier molecular flexibility index (Phi) is 6.58. The van der Waals surface area contributed by atoms with Gasteiger partial charge >= 0.3 is 0 Å². The van der Waals surface area contributed by atoms with Crippen LogP contribution in [-0.2, 0) is 4.79 Å². The quantitative estimate of drug-likeness (QED) is 0.796. The Morgan fingerprint density at radius 1 is 1.17 bits per heavy atom. The molecule has 0 bridgehead atoms. The third-order valence-corrected chi connectivity index (χ3v) is 3.80. The number of amides is 1. The van der Waals surface area contributed by atoms with Crippen LogP contribution in [0.2, 0.25) is 0 Å². The van der Waals surface area contributed by atoms with E-state index in [1.54, 1.807) is 19.3 Å².